The van der Waals surface area contributed by atoms with Gasteiger partial charge in [-0.3, -0.25) is 4.31 Å². The molecule has 0 spiro atoms. The van der Waals surface area contributed by atoms with Crippen LogP contribution in [0.1, 0.15) is 5.56 Å². The normalized spacial score (nSPS) is 18.4. The molecule has 5 nitrogen and oxygen atoms in total. The van der Waals surface area contributed by atoms with Gasteiger partial charge in [0.05, 0.1) is 20.9 Å². The van der Waals surface area contributed by atoms with E-state index in [4.69, 9.17) is 0 Å². The van der Waals surface area contributed by atoms with Crippen LogP contribution in [0.5, 0.6) is 0 Å². The number of nitrogens with zero attached hydrogens (tertiary/aromatic N) is 1. The molecule has 22 heavy (non-hydrogen) atoms. The van der Waals surface area contributed by atoms with Crippen LogP contribution in [0.3, 0.4) is 0 Å². The summed E-state index contributed by atoms with van der Waals surface area (Å²) >= 11 is 0. The Kier molecular flexibility index (Phi) is 3.34. The van der Waals surface area contributed by atoms with E-state index in [1.54, 1.807) is 36.4 Å². The van der Waals surface area contributed by atoms with Crippen molar-refractivity contribution in [2.24, 2.45) is 0 Å². The predicted octanol–water partition coefficient (Wildman–Crippen LogP) is 2.09. The van der Waals surface area contributed by atoms with Crippen molar-refractivity contribution in [3.8, 4) is 0 Å². The first-order valence-electron chi connectivity index (χ1n) is 6.44. The number of benzene rings is 2. The lowest BCUT2D eigenvalue weighted by Gasteiger charge is -2.12. The van der Waals surface area contributed by atoms with E-state index in [0.29, 0.717) is 5.56 Å². The van der Waals surface area contributed by atoms with Gasteiger partial charge in [-0.05, 0) is 18.2 Å². The molecule has 1 aliphatic heterocycles. The molecule has 2 aromatic rings. The van der Waals surface area contributed by atoms with Crippen LogP contribution in [0.25, 0.3) is 5.70 Å². The molecule has 2 aromatic carbocycles. The minimum absolute atomic E-state index is 0.118. The third kappa shape index (κ3) is 2.22. The Morgan fingerprint density at radius 2 is 1.55 bits per heavy atom. The predicted molar refractivity (Wildman–Crippen MR) is 83.0 cm³/mol. The van der Waals surface area contributed by atoms with E-state index >= 15 is 0 Å². The highest BCUT2D eigenvalue weighted by atomic mass is 32.2. The SMILES string of the molecule is CN1/C(=C\S(=O)(=O)c2ccccc2)c2ccccc2S1(=O)=O. The molecule has 0 bridgehead atoms. The molecular formula is C15H13NO4S2. The van der Waals surface area contributed by atoms with Gasteiger partial charge in [-0.15, -0.1) is 0 Å². The van der Waals surface area contributed by atoms with Gasteiger partial charge in [-0.25, -0.2) is 16.8 Å². The first kappa shape index (κ1) is 14.8. The average Bonchev–Trinajstić information content (AvgIpc) is 2.70. The number of hydrogen-bond donors (Lipinski definition) is 0. The number of rotatable bonds is 2. The molecule has 0 amide bonds. The second-order valence-corrected chi connectivity index (χ2v) is 8.56. The van der Waals surface area contributed by atoms with E-state index in [0.717, 1.165) is 9.71 Å². The van der Waals surface area contributed by atoms with Crippen molar-refractivity contribution in [2.45, 2.75) is 9.79 Å². The first-order chi connectivity index (χ1) is 10.3. The Bertz CT molecular complexity index is 962. The summed E-state index contributed by atoms with van der Waals surface area (Å²) < 4.78 is 50.5. The van der Waals surface area contributed by atoms with Crippen molar-refractivity contribution >= 4 is 25.6 Å². The van der Waals surface area contributed by atoms with E-state index in [1.165, 1.54) is 25.2 Å². The molecule has 0 unspecified atom stereocenters. The van der Waals surface area contributed by atoms with Crippen LogP contribution < -0.4 is 0 Å². The molecule has 7 heteroatoms. The minimum atomic E-state index is -3.74. The number of hydrogen-bond acceptors (Lipinski definition) is 4. The topological polar surface area (TPSA) is 71.5 Å². The zero-order valence-corrected chi connectivity index (χ0v) is 13.3. The lowest BCUT2D eigenvalue weighted by molar-refractivity contribution is 0.554. The van der Waals surface area contributed by atoms with Gasteiger partial charge >= 0.3 is 0 Å². The molecule has 0 fully saturated rings. The van der Waals surface area contributed by atoms with E-state index in [2.05, 4.69) is 0 Å². The summed E-state index contributed by atoms with van der Waals surface area (Å²) in [5.41, 5.74) is 0.545. The zero-order valence-electron chi connectivity index (χ0n) is 11.7. The van der Waals surface area contributed by atoms with E-state index < -0.39 is 19.9 Å². The van der Waals surface area contributed by atoms with Crippen molar-refractivity contribution in [1.82, 2.24) is 4.31 Å². The van der Waals surface area contributed by atoms with Gasteiger partial charge in [-0.1, -0.05) is 36.4 Å². The van der Waals surface area contributed by atoms with Crippen molar-refractivity contribution in [3.05, 3.63) is 65.6 Å². The largest absolute Gasteiger partial charge is 0.268 e. The van der Waals surface area contributed by atoms with Crippen molar-refractivity contribution in [2.75, 3.05) is 7.05 Å². The maximum atomic E-state index is 12.5. The Morgan fingerprint density at radius 1 is 0.955 bits per heavy atom. The lowest BCUT2D eigenvalue weighted by Crippen LogP contribution is -2.18. The van der Waals surface area contributed by atoms with Crippen LogP contribution in [-0.2, 0) is 19.9 Å². The molecule has 1 heterocycles. The smallest absolute Gasteiger partial charge is 0.264 e. The summed E-state index contributed by atoms with van der Waals surface area (Å²) in [6.07, 6.45) is 0. The molecule has 3 rings (SSSR count). The molecule has 114 valence electrons. The second-order valence-electron chi connectivity index (χ2n) is 4.83. The monoisotopic (exact) mass is 335 g/mol. The zero-order chi connectivity index (χ0) is 16.0. The van der Waals surface area contributed by atoms with E-state index in [1.807, 2.05) is 0 Å². The third-order valence-electron chi connectivity index (χ3n) is 3.48. The maximum absolute atomic E-state index is 12.5. The van der Waals surface area contributed by atoms with Gasteiger partial charge in [0, 0.05) is 12.6 Å². The number of sulfonamides is 1. The van der Waals surface area contributed by atoms with Gasteiger partial charge in [0.25, 0.3) is 10.0 Å². The van der Waals surface area contributed by atoms with Crippen molar-refractivity contribution in [3.63, 3.8) is 0 Å². The van der Waals surface area contributed by atoms with Gasteiger partial charge in [0.15, 0.2) is 0 Å². The fourth-order valence-electron chi connectivity index (χ4n) is 2.31. The van der Waals surface area contributed by atoms with Crippen LogP contribution >= 0.6 is 0 Å². The molecule has 0 saturated heterocycles. The van der Waals surface area contributed by atoms with Crippen molar-refractivity contribution in [1.29, 1.82) is 0 Å². The standard InChI is InChI=1S/C15H13NO4S2/c1-16-14(11-21(17,18)12-7-3-2-4-8-12)13-9-5-6-10-15(13)22(16,19)20/h2-11H,1H3/b14-11-. The average molecular weight is 335 g/mol. The fourth-order valence-corrected chi connectivity index (χ4v) is 5.04. The Balaban J connectivity index is 2.21. The molecular weight excluding hydrogens is 322 g/mol. The van der Waals surface area contributed by atoms with E-state index in [-0.39, 0.29) is 15.5 Å². The summed E-state index contributed by atoms with van der Waals surface area (Å²) in [6, 6.07) is 14.3. The van der Waals surface area contributed by atoms with Crippen LogP contribution in [0.4, 0.5) is 0 Å². The molecule has 0 N–H and O–H groups in total. The highest BCUT2D eigenvalue weighted by Gasteiger charge is 2.36. The third-order valence-corrected chi connectivity index (χ3v) is 6.77. The molecule has 0 radical (unpaired) electrons. The highest BCUT2D eigenvalue weighted by Crippen LogP contribution is 2.38. The first-order valence-corrected chi connectivity index (χ1v) is 9.43. The summed E-state index contributed by atoms with van der Waals surface area (Å²) in [7, 11) is -6.08. The minimum Gasteiger partial charge on any atom is -0.268 e. The molecule has 0 aromatic heterocycles. The summed E-state index contributed by atoms with van der Waals surface area (Å²) in [5.74, 6) is 0. The number of sulfone groups is 1. The molecule has 0 saturated carbocycles. The second kappa shape index (κ2) is 4.96. The Hall–Kier alpha value is -2.12. The summed E-state index contributed by atoms with van der Waals surface area (Å²) in [6.45, 7) is 0. The lowest BCUT2D eigenvalue weighted by atomic mass is 10.2. The summed E-state index contributed by atoms with van der Waals surface area (Å²) in [4.78, 5) is 0.240. The van der Waals surface area contributed by atoms with Crippen LogP contribution in [-0.4, -0.2) is 28.2 Å². The number of fused-ring (bicyclic) bond motifs is 1. The van der Waals surface area contributed by atoms with Crippen LogP contribution in [0.15, 0.2) is 69.8 Å². The molecule has 0 aliphatic carbocycles. The van der Waals surface area contributed by atoms with Crippen LogP contribution in [0, 0.1) is 0 Å². The van der Waals surface area contributed by atoms with Crippen LogP contribution in [0.2, 0.25) is 0 Å². The van der Waals surface area contributed by atoms with Gasteiger partial charge < -0.3 is 0 Å². The Morgan fingerprint density at radius 3 is 2.23 bits per heavy atom. The quantitative estimate of drug-likeness (QED) is 0.842. The van der Waals surface area contributed by atoms with Gasteiger partial charge in [-0.2, -0.15) is 0 Å². The highest BCUT2D eigenvalue weighted by molar-refractivity contribution is 7.94. The van der Waals surface area contributed by atoms with Crippen molar-refractivity contribution < 1.29 is 16.8 Å². The molecule has 1 aliphatic rings. The van der Waals surface area contributed by atoms with Gasteiger partial charge in [0.2, 0.25) is 9.84 Å². The molecule has 0 atom stereocenters. The Labute approximate surface area is 129 Å². The van der Waals surface area contributed by atoms with Gasteiger partial charge in [0.1, 0.15) is 0 Å². The summed E-state index contributed by atoms with van der Waals surface area (Å²) in [5, 5.41) is 1.01. The fraction of sp³-hybridized carbons (Fsp3) is 0.0667. The van der Waals surface area contributed by atoms with E-state index in [9.17, 15) is 16.8 Å². The maximum Gasteiger partial charge on any atom is 0.264 e.